The fourth-order valence-electron chi connectivity index (χ4n) is 1.08. The molecule has 0 radical (unpaired) electrons. The van der Waals surface area contributed by atoms with Crippen LogP contribution in [0.15, 0.2) is 22.7 Å². The number of halogens is 2. The lowest BCUT2D eigenvalue weighted by atomic mass is 10.2. The second kappa shape index (κ2) is 6.76. The summed E-state index contributed by atoms with van der Waals surface area (Å²) < 4.78 is 7.37. The van der Waals surface area contributed by atoms with E-state index in [0.29, 0.717) is 0 Å². The highest BCUT2D eigenvalue weighted by molar-refractivity contribution is 14.1. The van der Waals surface area contributed by atoms with E-state index in [9.17, 15) is 0 Å². The van der Waals surface area contributed by atoms with Gasteiger partial charge in [-0.05, 0) is 46.4 Å². The van der Waals surface area contributed by atoms with E-state index >= 15 is 0 Å². The van der Waals surface area contributed by atoms with Crippen molar-refractivity contribution in [2.24, 2.45) is 0 Å². The predicted octanol–water partition coefficient (Wildman–Crippen LogP) is 2.79. The molecular weight excluding hydrogens is 357 g/mol. The van der Waals surface area contributed by atoms with Crippen LogP contribution in [0.4, 0.5) is 0 Å². The first-order valence-corrected chi connectivity index (χ1v) is 6.25. The van der Waals surface area contributed by atoms with Gasteiger partial charge < -0.3 is 10.1 Å². The van der Waals surface area contributed by atoms with Crippen molar-refractivity contribution in [3.8, 4) is 0 Å². The number of hydrogen-bond acceptors (Lipinski definition) is 2. The molecule has 0 amide bonds. The zero-order valence-corrected chi connectivity index (χ0v) is 11.8. The van der Waals surface area contributed by atoms with Crippen molar-refractivity contribution in [3.63, 3.8) is 0 Å². The van der Waals surface area contributed by atoms with Crippen LogP contribution in [0.3, 0.4) is 0 Å². The number of nitrogens with one attached hydrogen (secondary N) is 1. The third-order valence-electron chi connectivity index (χ3n) is 1.81. The van der Waals surface area contributed by atoms with Crippen LogP contribution in [-0.2, 0) is 11.3 Å². The van der Waals surface area contributed by atoms with E-state index in [0.717, 1.165) is 24.2 Å². The minimum absolute atomic E-state index is 0.752. The molecule has 0 aliphatic carbocycles. The average Bonchev–Trinajstić information content (AvgIpc) is 2.18. The fourth-order valence-corrected chi connectivity index (χ4v) is 2.02. The van der Waals surface area contributed by atoms with Crippen LogP contribution in [0.5, 0.6) is 0 Å². The summed E-state index contributed by atoms with van der Waals surface area (Å²) in [5, 5.41) is 3.31. The van der Waals surface area contributed by atoms with E-state index in [-0.39, 0.29) is 0 Å². The zero-order chi connectivity index (χ0) is 10.4. The van der Waals surface area contributed by atoms with Crippen LogP contribution >= 0.6 is 38.5 Å². The molecule has 0 atom stereocenters. The minimum Gasteiger partial charge on any atom is -0.383 e. The van der Waals surface area contributed by atoms with Crippen molar-refractivity contribution in [2.75, 3.05) is 20.3 Å². The van der Waals surface area contributed by atoms with Crippen molar-refractivity contribution < 1.29 is 4.74 Å². The lowest BCUT2D eigenvalue weighted by molar-refractivity contribution is 0.199. The van der Waals surface area contributed by atoms with Gasteiger partial charge in [0.25, 0.3) is 0 Å². The van der Waals surface area contributed by atoms with E-state index in [1.165, 1.54) is 9.13 Å². The maximum Gasteiger partial charge on any atom is 0.0587 e. The molecule has 0 aromatic heterocycles. The molecule has 78 valence electrons. The largest absolute Gasteiger partial charge is 0.383 e. The van der Waals surface area contributed by atoms with Gasteiger partial charge in [0.2, 0.25) is 0 Å². The first kappa shape index (κ1) is 12.4. The third kappa shape index (κ3) is 4.25. The second-order valence-corrected chi connectivity index (χ2v) is 5.01. The molecule has 0 aliphatic rings. The molecule has 0 heterocycles. The van der Waals surface area contributed by atoms with Gasteiger partial charge in [-0.1, -0.05) is 15.9 Å². The van der Waals surface area contributed by atoms with Crippen molar-refractivity contribution in [3.05, 3.63) is 31.8 Å². The summed E-state index contributed by atoms with van der Waals surface area (Å²) in [5.74, 6) is 0. The predicted molar refractivity (Wildman–Crippen MR) is 70.4 cm³/mol. The molecule has 0 spiro atoms. The normalized spacial score (nSPS) is 10.5. The molecule has 1 N–H and O–H groups in total. The highest BCUT2D eigenvalue weighted by Crippen LogP contribution is 2.19. The lowest BCUT2D eigenvalue weighted by Gasteiger charge is -2.06. The molecular formula is C10H13BrINO. The zero-order valence-electron chi connectivity index (χ0n) is 8.02. The van der Waals surface area contributed by atoms with Gasteiger partial charge in [0.15, 0.2) is 0 Å². The summed E-state index contributed by atoms with van der Waals surface area (Å²) in [6, 6.07) is 6.34. The highest BCUT2D eigenvalue weighted by atomic mass is 127. The highest BCUT2D eigenvalue weighted by Gasteiger charge is 1.99. The summed E-state index contributed by atoms with van der Waals surface area (Å²) >= 11 is 5.84. The van der Waals surface area contributed by atoms with Gasteiger partial charge in [0, 0.05) is 28.2 Å². The van der Waals surface area contributed by atoms with Gasteiger partial charge in [-0.15, -0.1) is 0 Å². The van der Waals surface area contributed by atoms with Crippen molar-refractivity contribution in [1.82, 2.24) is 5.32 Å². The molecule has 1 rings (SSSR count). The average molecular weight is 370 g/mol. The van der Waals surface area contributed by atoms with E-state index in [2.05, 4.69) is 62.0 Å². The van der Waals surface area contributed by atoms with Crippen LogP contribution in [0, 0.1) is 3.57 Å². The van der Waals surface area contributed by atoms with Crippen molar-refractivity contribution >= 4 is 38.5 Å². The molecule has 1 aromatic rings. The summed E-state index contributed by atoms with van der Waals surface area (Å²) in [5.41, 5.74) is 1.29. The van der Waals surface area contributed by atoms with Crippen molar-refractivity contribution in [2.45, 2.75) is 6.54 Å². The van der Waals surface area contributed by atoms with E-state index in [1.54, 1.807) is 7.11 Å². The topological polar surface area (TPSA) is 21.3 Å². The van der Waals surface area contributed by atoms with Crippen LogP contribution in [-0.4, -0.2) is 20.3 Å². The van der Waals surface area contributed by atoms with Gasteiger partial charge in [-0.3, -0.25) is 0 Å². The number of hydrogen-bond donors (Lipinski definition) is 1. The molecule has 0 saturated heterocycles. The number of ether oxygens (including phenoxy) is 1. The van der Waals surface area contributed by atoms with E-state index < -0.39 is 0 Å². The van der Waals surface area contributed by atoms with Gasteiger partial charge in [0.05, 0.1) is 6.61 Å². The maximum absolute atomic E-state index is 4.96. The SMILES string of the molecule is COCCNCc1cc(I)ccc1Br. The molecule has 0 aliphatic heterocycles. The Hall–Kier alpha value is 0.350. The molecule has 0 bridgehead atoms. The van der Waals surface area contributed by atoms with Gasteiger partial charge in [-0.2, -0.15) is 0 Å². The Labute approximate surface area is 107 Å². The van der Waals surface area contributed by atoms with E-state index in [1.807, 2.05) is 0 Å². The Kier molecular flexibility index (Phi) is 6.00. The van der Waals surface area contributed by atoms with Gasteiger partial charge in [0.1, 0.15) is 0 Å². The Morgan fingerprint density at radius 2 is 2.29 bits per heavy atom. The molecule has 14 heavy (non-hydrogen) atoms. The van der Waals surface area contributed by atoms with Crippen LogP contribution in [0.2, 0.25) is 0 Å². The molecule has 2 nitrogen and oxygen atoms in total. The number of rotatable bonds is 5. The first-order valence-electron chi connectivity index (χ1n) is 4.37. The Morgan fingerprint density at radius 1 is 1.50 bits per heavy atom. The van der Waals surface area contributed by atoms with Crippen LogP contribution in [0.25, 0.3) is 0 Å². The van der Waals surface area contributed by atoms with Gasteiger partial charge in [-0.25, -0.2) is 0 Å². The van der Waals surface area contributed by atoms with E-state index in [4.69, 9.17) is 4.74 Å². The number of methoxy groups -OCH3 is 1. The minimum atomic E-state index is 0.752. The Morgan fingerprint density at radius 3 is 3.00 bits per heavy atom. The standard InChI is InChI=1S/C10H13BrINO/c1-14-5-4-13-7-8-6-9(12)2-3-10(8)11/h2-3,6,13H,4-5,7H2,1H3. The summed E-state index contributed by atoms with van der Waals surface area (Å²) in [7, 11) is 1.71. The summed E-state index contributed by atoms with van der Waals surface area (Å²) in [6.07, 6.45) is 0. The molecule has 1 aromatic carbocycles. The maximum atomic E-state index is 4.96. The molecule has 0 unspecified atom stereocenters. The monoisotopic (exact) mass is 369 g/mol. The van der Waals surface area contributed by atoms with Gasteiger partial charge >= 0.3 is 0 Å². The first-order chi connectivity index (χ1) is 6.74. The summed E-state index contributed by atoms with van der Waals surface area (Å²) in [6.45, 7) is 2.51. The molecule has 4 heteroatoms. The Balaban J connectivity index is 2.45. The molecule has 0 saturated carbocycles. The van der Waals surface area contributed by atoms with Crippen LogP contribution in [0.1, 0.15) is 5.56 Å². The lowest BCUT2D eigenvalue weighted by Crippen LogP contribution is -2.18. The Bertz CT molecular complexity index is 293. The third-order valence-corrected chi connectivity index (χ3v) is 3.25. The number of benzene rings is 1. The molecule has 0 fully saturated rings. The quantitative estimate of drug-likeness (QED) is 0.636. The second-order valence-electron chi connectivity index (χ2n) is 2.91. The van der Waals surface area contributed by atoms with Crippen LogP contribution < -0.4 is 5.32 Å². The fraction of sp³-hybridized carbons (Fsp3) is 0.400. The smallest absolute Gasteiger partial charge is 0.0587 e. The van der Waals surface area contributed by atoms with Crippen molar-refractivity contribution in [1.29, 1.82) is 0 Å². The summed E-state index contributed by atoms with van der Waals surface area (Å²) in [4.78, 5) is 0.